The highest BCUT2D eigenvalue weighted by Gasteiger charge is 2.16. The second-order valence-corrected chi connectivity index (χ2v) is 7.36. The van der Waals surface area contributed by atoms with Crippen molar-refractivity contribution in [3.8, 4) is 11.5 Å². The average Bonchev–Trinajstić information content (AvgIpc) is 3.11. The highest BCUT2D eigenvalue weighted by Crippen LogP contribution is 2.32. The van der Waals surface area contributed by atoms with Crippen molar-refractivity contribution in [3.05, 3.63) is 48.3 Å². The van der Waals surface area contributed by atoms with Crippen LogP contribution < -0.4 is 20.1 Å². The molecule has 1 aliphatic heterocycles. The molecular formula is C23H26N4O4. The molecule has 31 heavy (non-hydrogen) atoms. The van der Waals surface area contributed by atoms with E-state index in [9.17, 15) is 9.59 Å². The number of fused-ring (bicyclic) bond motifs is 2. The highest BCUT2D eigenvalue weighted by atomic mass is 16.6. The van der Waals surface area contributed by atoms with Gasteiger partial charge in [-0.25, -0.2) is 4.98 Å². The number of ether oxygens (including phenoxy) is 2. The van der Waals surface area contributed by atoms with Gasteiger partial charge in [0.1, 0.15) is 25.6 Å². The van der Waals surface area contributed by atoms with E-state index in [1.807, 2.05) is 35.8 Å². The molecule has 2 amide bonds. The molecule has 0 atom stereocenters. The van der Waals surface area contributed by atoms with E-state index in [1.54, 1.807) is 18.2 Å². The van der Waals surface area contributed by atoms with Crippen LogP contribution in [0.1, 0.15) is 25.6 Å². The Balaban J connectivity index is 1.47. The molecule has 1 aliphatic rings. The van der Waals surface area contributed by atoms with Crippen LogP contribution in [0.3, 0.4) is 0 Å². The van der Waals surface area contributed by atoms with Gasteiger partial charge in [0.15, 0.2) is 11.5 Å². The minimum absolute atomic E-state index is 0.0292. The lowest BCUT2D eigenvalue weighted by molar-refractivity contribution is -0.121. The minimum Gasteiger partial charge on any atom is -0.486 e. The predicted molar refractivity (Wildman–Crippen MR) is 117 cm³/mol. The molecule has 162 valence electrons. The molecule has 1 aromatic heterocycles. The Morgan fingerprint density at radius 3 is 2.71 bits per heavy atom. The number of rotatable bonds is 8. The van der Waals surface area contributed by atoms with Crippen LogP contribution in [0, 0.1) is 0 Å². The fourth-order valence-electron chi connectivity index (χ4n) is 3.59. The number of benzene rings is 2. The SMILES string of the molecule is CCCC(=O)NCCc1nc2ccccc2n1CC(=O)Nc1ccc2c(c1)OCCO2. The summed E-state index contributed by atoms with van der Waals surface area (Å²) >= 11 is 0. The molecular weight excluding hydrogens is 396 g/mol. The number of anilines is 1. The third-order valence-corrected chi connectivity index (χ3v) is 5.01. The molecule has 0 radical (unpaired) electrons. The third kappa shape index (κ3) is 4.96. The number of nitrogens with one attached hydrogen (secondary N) is 2. The number of carbonyl (C=O) groups is 2. The van der Waals surface area contributed by atoms with Gasteiger partial charge in [-0.3, -0.25) is 9.59 Å². The van der Waals surface area contributed by atoms with Gasteiger partial charge in [-0.15, -0.1) is 0 Å². The molecule has 0 aliphatic carbocycles. The summed E-state index contributed by atoms with van der Waals surface area (Å²) in [6.07, 6.45) is 1.86. The van der Waals surface area contributed by atoms with E-state index in [4.69, 9.17) is 9.47 Å². The Labute approximate surface area is 180 Å². The molecule has 8 heteroatoms. The Morgan fingerprint density at radius 2 is 1.87 bits per heavy atom. The second kappa shape index (κ2) is 9.51. The van der Waals surface area contributed by atoms with E-state index in [0.717, 1.165) is 23.3 Å². The van der Waals surface area contributed by atoms with Gasteiger partial charge in [0.2, 0.25) is 11.8 Å². The molecule has 8 nitrogen and oxygen atoms in total. The maximum Gasteiger partial charge on any atom is 0.244 e. The quantitative estimate of drug-likeness (QED) is 0.582. The van der Waals surface area contributed by atoms with Crippen molar-refractivity contribution in [1.29, 1.82) is 0 Å². The van der Waals surface area contributed by atoms with Gasteiger partial charge in [0.05, 0.1) is 11.0 Å². The third-order valence-electron chi connectivity index (χ3n) is 5.01. The Kier molecular flexibility index (Phi) is 6.35. The molecule has 0 fully saturated rings. The van der Waals surface area contributed by atoms with Crippen molar-refractivity contribution in [2.75, 3.05) is 25.1 Å². The summed E-state index contributed by atoms with van der Waals surface area (Å²) in [5, 5.41) is 5.83. The number of hydrogen-bond acceptors (Lipinski definition) is 5. The first-order valence-corrected chi connectivity index (χ1v) is 10.5. The van der Waals surface area contributed by atoms with Crippen molar-refractivity contribution in [3.63, 3.8) is 0 Å². The van der Waals surface area contributed by atoms with Gasteiger partial charge < -0.3 is 24.7 Å². The van der Waals surface area contributed by atoms with Crippen LogP contribution in [0.5, 0.6) is 11.5 Å². The molecule has 0 spiro atoms. The zero-order chi connectivity index (χ0) is 21.6. The van der Waals surface area contributed by atoms with Crippen LogP contribution in [-0.4, -0.2) is 41.1 Å². The number of imidazole rings is 1. The normalized spacial score (nSPS) is 12.5. The van der Waals surface area contributed by atoms with Gasteiger partial charge >= 0.3 is 0 Å². The average molecular weight is 422 g/mol. The smallest absolute Gasteiger partial charge is 0.244 e. The lowest BCUT2D eigenvalue weighted by Crippen LogP contribution is -2.27. The Bertz CT molecular complexity index is 1090. The highest BCUT2D eigenvalue weighted by molar-refractivity contribution is 5.92. The Hall–Kier alpha value is -3.55. The Morgan fingerprint density at radius 1 is 1.06 bits per heavy atom. The van der Waals surface area contributed by atoms with E-state index >= 15 is 0 Å². The van der Waals surface area contributed by atoms with Crippen LogP contribution in [0.25, 0.3) is 11.0 Å². The largest absolute Gasteiger partial charge is 0.486 e. The maximum atomic E-state index is 12.8. The van der Waals surface area contributed by atoms with Crippen LogP contribution in [0.4, 0.5) is 5.69 Å². The zero-order valence-corrected chi connectivity index (χ0v) is 17.5. The first-order valence-electron chi connectivity index (χ1n) is 10.5. The summed E-state index contributed by atoms with van der Waals surface area (Å²) in [4.78, 5) is 29.2. The van der Waals surface area contributed by atoms with Gasteiger partial charge in [0.25, 0.3) is 0 Å². The number of aromatic nitrogens is 2. The van der Waals surface area contributed by atoms with Gasteiger partial charge in [-0.05, 0) is 30.7 Å². The van der Waals surface area contributed by atoms with Crippen LogP contribution in [-0.2, 0) is 22.6 Å². The molecule has 0 saturated carbocycles. The van der Waals surface area contributed by atoms with Crippen LogP contribution in [0.15, 0.2) is 42.5 Å². The molecule has 2 heterocycles. The summed E-state index contributed by atoms with van der Waals surface area (Å²) in [7, 11) is 0. The van der Waals surface area contributed by atoms with Crippen molar-refractivity contribution in [2.45, 2.75) is 32.7 Å². The topological polar surface area (TPSA) is 94.5 Å². The lowest BCUT2D eigenvalue weighted by atomic mass is 10.2. The molecule has 0 unspecified atom stereocenters. The van der Waals surface area contributed by atoms with Gasteiger partial charge in [-0.2, -0.15) is 0 Å². The van der Waals surface area contributed by atoms with Crippen molar-refractivity contribution >= 4 is 28.5 Å². The van der Waals surface area contributed by atoms with E-state index in [0.29, 0.717) is 49.8 Å². The van der Waals surface area contributed by atoms with Gasteiger partial charge in [0, 0.05) is 31.1 Å². The molecule has 2 N–H and O–H groups in total. The zero-order valence-electron chi connectivity index (χ0n) is 17.5. The minimum atomic E-state index is -0.170. The predicted octanol–water partition coefficient (Wildman–Crippen LogP) is 2.91. The first-order chi connectivity index (χ1) is 15.1. The van der Waals surface area contributed by atoms with Crippen LogP contribution >= 0.6 is 0 Å². The van der Waals surface area contributed by atoms with Crippen molar-refractivity contribution in [2.24, 2.45) is 0 Å². The number of para-hydroxylation sites is 2. The fraction of sp³-hybridized carbons (Fsp3) is 0.348. The fourth-order valence-corrected chi connectivity index (χ4v) is 3.59. The summed E-state index contributed by atoms with van der Waals surface area (Å²) in [5.74, 6) is 1.92. The molecule has 0 saturated heterocycles. The van der Waals surface area contributed by atoms with E-state index < -0.39 is 0 Å². The standard InChI is InChI=1S/C23H26N4O4/c1-2-5-22(28)24-11-10-21-26-17-6-3-4-7-18(17)27(21)15-23(29)25-16-8-9-19-20(14-16)31-13-12-30-19/h3-4,6-9,14H,2,5,10-13,15H2,1H3,(H,24,28)(H,25,29). The van der Waals surface area contributed by atoms with Crippen molar-refractivity contribution in [1.82, 2.24) is 14.9 Å². The second-order valence-electron chi connectivity index (χ2n) is 7.36. The van der Waals surface area contributed by atoms with E-state index in [2.05, 4.69) is 15.6 Å². The molecule has 4 rings (SSSR count). The number of amides is 2. The molecule has 3 aromatic rings. The first kappa shape index (κ1) is 20.7. The molecule has 0 bridgehead atoms. The summed E-state index contributed by atoms with van der Waals surface area (Å²) in [5.41, 5.74) is 2.35. The van der Waals surface area contributed by atoms with E-state index in [1.165, 1.54) is 0 Å². The van der Waals surface area contributed by atoms with E-state index in [-0.39, 0.29) is 18.4 Å². The summed E-state index contributed by atoms with van der Waals surface area (Å²) in [6, 6.07) is 13.1. The monoisotopic (exact) mass is 422 g/mol. The van der Waals surface area contributed by atoms with Crippen molar-refractivity contribution < 1.29 is 19.1 Å². The number of hydrogen-bond donors (Lipinski definition) is 2. The number of nitrogens with zero attached hydrogens (tertiary/aromatic N) is 2. The maximum absolute atomic E-state index is 12.8. The summed E-state index contributed by atoms with van der Waals surface area (Å²) < 4.78 is 13.0. The van der Waals surface area contributed by atoms with Gasteiger partial charge in [-0.1, -0.05) is 19.1 Å². The lowest BCUT2D eigenvalue weighted by Gasteiger charge is -2.19. The summed E-state index contributed by atoms with van der Waals surface area (Å²) in [6.45, 7) is 3.58. The van der Waals surface area contributed by atoms with Crippen LogP contribution in [0.2, 0.25) is 0 Å². The molecule has 2 aromatic carbocycles. The number of carbonyl (C=O) groups excluding carboxylic acids is 2.